The number of methoxy groups -OCH3 is 8. The molecule has 0 aliphatic carbocycles. The lowest BCUT2D eigenvalue weighted by molar-refractivity contribution is -0.130. The summed E-state index contributed by atoms with van der Waals surface area (Å²) in [7, 11) is -6.13. The maximum Gasteiger partial charge on any atom is 0.161 e. The number of benzene rings is 4. The van der Waals surface area contributed by atoms with Gasteiger partial charge in [0, 0.05) is 169 Å². The third-order valence-electron chi connectivity index (χ3n) is 17.0. The minimum absolute atomic E-state index is 0.0311. The van der Waals surface area contributed by atoms with Crippen molar-refractivity contribution in [3.8, 4) is 46.0 Å². The van der Waals surface area contributed by atoms with Gasteiger partial charge >= 0.3 is 0 Å². The Bertz CT molecular complexity index is 5270. The number of aryl methyl sites for hydroxylation is 1. The first-order valence-electron chi connectivity index (χ1n) is 53.1. The van der Waals surface area contributed by atoms with Crippen molar-refractivity contribution in [1.82, 2.24) is 19.6 Å². The third-order valence-corrected chi connectivity index (χ3v) is 17.0. The molecule has 0 bridgehead atoms. The zero-order valence-corrected chi connectivity index (χ0v) is 54.1. The molecular weight excluding hydrogens is 1180 g/mol. The Labute approximate surface area is 625 Å². The fourth-order valence-electron chi connectivity index (χ4n) is 12.4. The van der Waals surface area contributed by atoms with Gasteiger partial charge in [-0.05, 0) is 168 Å². The molecule has 0 amide bonds. The molecule has 0 spiro atoms. The summed E-state index contributed by atoms with van der Waals surface area (Å²) in [6.45, 7) is -10.4. The number of ether oxygens (including phenoxy) is 8. The molecule has 4 aromatic rings. The Kier molecular flexibility index (Phi) is 11.6. The van der Waals surface area contributed by atoms with Crippen LogP contribution in [-0.4, -0.2) is 151 Å². The van der Waals surface area contributed by atoms with Crippen LogP contribution >= 0.6 is 0 Å². The lowest BCUT2D eigenvalue weighted by Crippen LogP contribution is -2.46. The monoisotopic (exact) mass is 1340 g/mol. The average molecular weight is 1340 g/mol. The predicted molar refractivity (Wildman–Crippen MR) is 370 cm³/mol. The van der Waals surface area contributed by atoms with Crippen LogP contribution in [0, 0.1) is 47.2 Å². The normalized spacial score (nSPS) is 39.9. The van der Waals surface area contributed by atoms with Crippen molar-refractivity contribution in [1.29, 1.82) is 0 Å². The first-order valence-corrected chi connectivity index (χ1v) is 30.6. The number of Topliss-reactive ketones (excluding diaryl/α,β-unsaturated/α-hetero) is 4. The molecule has 4 fully saturated rings. The Balaban J connectivity index is 0.000000208. The van der Waals surface area contributed by atoms with Crippen LogP contribution in [0.4, 0.5) is 0 Å². The van der Waals surface area contributed by atoms with Gasteiger partial charge in [-0.15, -0.1) is 0 Å². The van der Waals surface area contributed by atoms with Gasteiger partial charge in [-0.25, -0.2) is 0 Å². The predicted octanol–water partition coefficient (Wildman–Crippen LogP) is 13.7. The van der Waals surface area contributed by atoms with Crippen LogP contribution in [0.25, 0.3) is 0 Å². The third kappa shape index (κ3) is 16.4. The van der Waals surface area contributed by atoms with E-state index in [2.05, 4.69) is 0 Å². The smallest absolute Gasteiger partial charge is 0.161 e. The minimum Gasteiger partial charge on any atom is -0.493 e. The number of nitrogens with zero attached hydrogens (tertiary/aromatic N) is 4. The van der Waals surface area contributed by atoms with Gasteiger partial charge in [0.25, 0.3) is 0 Å². The summed E-state index contributed by atoms with van der Waals surface area (Å²) >= 11 is 0. The second-order valence-electron chi connectivity index (χ2n) is 23.9. The molecular formula is C78H112N4O12. The summed E-state index contributed by atoms with van der Waals surface area (Å²) in [4.78, 5) is 57.6. The van der Waals surface area contributed by atoms with Crippen LogP contribution in [-0.2, 0) is 44.8 Å². The van der Waals surface area contributed by atoms with E-state index in [1.165, 1.54) is 74.6 Å². The fourth-order valence-corrected chi connectivity index (χ4v) is 12.4. The number of hydrogen-bond donors (Lipinski definition) is 0. The maximum atomic E-state index is 13.8. The van der Waals surface area contributed by atoms with Crippen LogP contribution in [0.5, 0.6) is 46.0 Å². The molecule has 4 aromatic carbocycles. The van der Waals surface area contributed by atoms with Gasteiger partial charge in [-0.3, -0.25) is 38.8 Å². The highest BCUT2D eigenvalue weighted by atomic mass is 16.5. The Hall–Kier alpha value is -6.20. The van der Waals surface area contributed by atoms with Gasteiger partial charge in [-0.2, -0.15) is 0 Å². The van der Waals surface area contributed by atoms with E-state index in [0.29, 0.717) is 40.5 Å². The summed E-state index contributed by atoms with van der Waals surface area (Å²) in [5.74, 6) is -21.3. The Morgan fingerprint density at radius 3 is 1.36 bits per heavy atom. The number of carbonyl (C=O) groups excluding carboxylic acids is 4. The quantitative estimate of drug-likeness (QED) is 0.0926. The molecule has 0 saturated carbocycles. The molecule has 4 saturated heterocycles. The minimum atomic E-state index is -4.11. The lowest BCUT2D eigenvalue weighted by Gasteiger charge is -2.43. The first-order chi connectivity index (χ1) is 62.2. The van der Waals surface area contributed by atoms with E-state index in [0.717, 1.165) is 24.0 Å². The Morgan fingerprint density at radius 1 is 0.489 bits per heavy atom. The first kappa shape index (κ1) is 33.4. The zero-order valence-electron chi connectivity index (χ0n) is 99.1. The van der Waals surface area contributed by atoms with E-state index in [9.17, 15) is 19.2 Å². The molecule has 16 nitrogen and oxygen atoms in total. The van der Waals surface area contributed by atoms with Gasteiger partial charge in [0.2, 0.25) is 0 Å². The molecule has 8 aliphatic heterocycles. The van der Waals surface area contributed by atoms with Crippen LogP contribution in [0.1, 0.15) is 250 Å². The van der Waals surface area contributed by atoms with Gasteiger partial charge in [-0.1, -0.05) is 68.0 Å². The molecule has 12 rings (SSSR count). The molecule has 16 heteroatoms. The lowest BCUT2D eigenvalue weighted by atomic mass is 9.79. The number of carbonyl (C=O) groups is 4. The highest BCUT2D eigenvalue weighted by Crippen LogP contribution is 2.48. The highest BCUT2D eigenvalue weighted by molar-refractivity contribution is 5.85. The van der Waals surface area contributed by atoms with E-state index in [4.69, 9.17) is 99.6 Å². The Morgan fingerprint density at radius 2 is 0.904 bits per heavy atom. The van der Waals surface area contributed by atoms with Crippen molar-refractivity contribution in [3.05, 3.63) is 93.0 Å². The number of piperidine rings is 4. The SMILES string of the molecule is [2H]C([2H])([2H])Oc1cc2c(cc1OC)C1([2H])CC(=O)C(CC(C)C)CN1C([2H])([2H])C2([2H])[2H].[2H]C([2H])([2H])Oc1cc2c(cc1OC)C1CC(=O)C(C([2H])([2H])C([2H])(C([2H])([2H])[2H])C([2H])([2H])C)C([2H])([2H])N1CC2.[2H]C([2H])([2H])Oc1cc2c(cc1OC)C1N(CC2)C([2H])([2H])C([2H])(C([2H])([2H])C([2H])(C([2H])([2H])[2H])C([2H])([2H])C)C(=O)C1([2H])[2H].[2H]C([2H])([2H])Oc1cc2c(cc1OC)C1N(CC2)C([2H])([2H])C([2H])(CC(C)C)C(=O)C1([2H])[2H]. The molecule has 516 valence electrons. The van der Waals surface area contributed by atoms with E-state index < -0.39 is 202 Å². The van der Waals surface area contributed by atoms with Crippen molar-refractivity contribution >= 4 is 23.1 Å². The van der Waals surface area contributed by atoms with Crippen molar-refractivity contribution in [2.75, 3.05) is 109 Å². The van der Waals surface area contributed by atoms with E-state index in [-0.39, 0.29) is 138 Å². The van der Waals surface area contributed by atoms with E-state index in [1.54, 1.807) is 13.8 Å². The highest BCUT2D eigenvalue weighted by Gasteiger charge is 2.43. The summed E-state index contributed by atoms with van der Waals surface area (Å²) < 4.78 is 407. The fraction of sp³-hybridized carbons (Fsp3) is 0.641. The second kappa shape index (κ2) is 32.7. The van der Waals surface area contributed by atoms with Gasteiger partial charge < -0.3 is 37.9 Å². The molecule has 0 N–H and O–H groups in total. The number of hydrogen-bond acceptors (Lipinski definition) is 16. The zero-order chi connectivity index (χ0) is 107. The molecule has 8 aliphatic rings. The number of ketones is 4. The number of fused-ring (bicyclic) bond motifs is 12. The molecule has 10 unspecified atom stereocenters. The molecule has 0 radical (unpaired) electrons. The van der Waals surface area contributed by atoms with Crippen LogP contribution in [0.3, 0.4) is 0 Å². The van der Waals surface area contributed by atoms with Crippen LogP contribution in [0.2, 0.25) is 0 Å². The molecule has 94 heavy (non-hydrogen) atoms. The van der Waals surface area contributed by atoms with Crippen LogP contribution < -0.4 is 37.9 Å². The maximum absolute atomic E-state index is 13.8. The van der Waals surface area contributed by atoms with Crippen molar-refractivity contribution in [2.24, 2.45) is 47.2 Å². The topological polar surface area (TPSA) is 155 Å². The molecule has 8 heterocycles. The standard InChI is InChI=1S/2C20H29NO3.2C19H27NO3/c2*1-5-13(2)8-15-12-21-7-6-14-9-19(23-3)20(24-4)10-16(14)17(21)11-18(15)22;2*1-12(2)7-14-11-20-6-5-13-8-18(22-3)19(23-4)9-15(13)16(20)10-17(14)21/h2*9-10,13,15,17H,5-8,11-12H2,1-4H3;2*8-9,12,14,16H,5-7,10-11H2,1-4H3/i2D3,3D3,5D2,8D2,11D2,12D2,13D,15D;2D3,3D3,5D2,8D2,12D2,13D;3D3,10D2,11D2,14D;3D3,5D2,6D2,16D. The van der Waals surface area contributed by atoms with Crippen molar-refractivity contribution in [3.63, 3.8) is 0 Å². The average Bonchev–Trinajstić information content (AvgIpc) is 0.659. The van der Waals surface area contributed by atoms with Gasteiger partial charge in [0.05, 0.1) is 74.4 Å². The summed E-state index contributed by atoms with van der Waals surface area (Å²) in [6, 6.07) is 4.64. The number of rotatable bonds is 18. The van der Waals surface area contributed by atoms with Gasteiger partial charge in [0.1, 0.15) is 23.1 Å². The largest absolute Gasteiger partial charge is 0.493 e. The van der Waals surface area contributed by atoms with Crippen molar-refractivity contribution in [2.45, 2.75) is 169 Å². The summed E-state index contributed by atoms with van der Waals surface area (Å²) in [6.07, 6.45) is -22.2. The molecule has 10 atom stereocenters. The summed E-state index contributed by atoms with van der Waals surface area (Å²) in [5.41, 5.74) is 1.97. The van der Waals surface area contributed by atoms with E-state index in [1.807, 2.05) is 13.8 Å². The van der Waals surface area contributed by atoms with E-state index >= 15 is 0 Å². The van der Waals surface area contributed by atoms with Gasteiger partial charge in [0.15, 0.2) is 46.0 Å². The summed E-state index contributed by atoms with van der Waals surface area (Å²) in [5, 5.41) is 0. The molecule has 0 aromatic heterocycles. The van der Waals surface area contributed by atoms with Crippen molar-refractivity contribution < 1.29 is 119 Å². The second-order valence-corrected chi connectivity index (χ2v) is 23.9. The van der Waals surface area contributed by atoms with Crippen LogP contribution in [0.15, 0.2) is 48.5 Å².